The second-order valence-electron chi connectivity index (χ2n) is 7.54. The van der Waals surface area contributed by atoms with Crippen LogP contribution in [-0.2, 0) is 0 Å². The first-order valence-corrected chi connectivity index (χ1v) is 10.3. The molecule has 8 nitrogen and oxygen atoms in total. The monoisotopic (exact) mass is 434 g/mol. The zero-order valence-electron chi connectivity index (χ0n) is 17.9. The van der Waals surface area contributed by atoms with E-state index in [2.05, 4.69) is 21.3 Å². The van der Waals surface area contributed by atoms with Crippen LogP contribution in [0.1, 0.15) is 27.8 Å². The summed E-state index contributed by atoms with van der Waals surface area (Å²) in [4.78, 5) is 16.8. The van der Waals surface area contributed by atoms with Gasteiger partial charge in [-0.05, 0) is 48.9 Å². The van der Waals surface area contributed by atoms with Gasteiger partial charge in [0.1, 0.15) is 17.6 Å². The molecule has 164 valence electrons. The first-order chi connectivity index (χ1) is 15.5. The highest BCUT2D eigenvalue weighted by atomic mass is 19.1. The van der Waals surface area contributed by atoms with Gasteiger partial charge in [0, 0.05) is 26.2 Å². The molecule has 2 aromatic carbocycles. The van der Waals surface area contributed by atoms with Gasteiger partial charge in [-0.15, -0.1) is 5.10 Å². The van der Waals surface area contributed by atoms with Gasteiger partial charge in [0.2, 0.25) is 0 Å². The predicted molar refractivity (Wildman–Crippen MR) is 115 cm³/mol. The number of benzene rings is 2. The zero-order chi connectivity index (χ0) is 22.7. The van der Waals surface area contributed by atoms with Crippen LogP contribution in [0.5, 0.6) is 5.75 Å². The highest BCUT2D eigenvalue weighted by Crippen LogP contribution is 2.24. The minimum Gasteiger partial charge on any atom is -0.497 e. The molecule has 1 aromatic heterocycles. The largest absolute Gasteiger partial charge is 0.497 e. The predicted octanol–water partition coefficient (Wildman–Crippen LogP) is 2.75. The number of amides is 1. The van der Waals surface area contributed by atoms with Gasteiger partial charge in [-0.3, -0.25) is 9.69 Å². The first kappa shape index (κ1) is 21.5. The van der Waals surface area contributed by atoms with Crippen molar-refractivity contribution in [1.29, 1.82) is 5.26 Å². The molecule has 0 saturated carbocycles. The fourth-order valence-corrected chi connectivity index (χ4v) is 3.84. The minimum absolute atomic E-state index is 0.200. The van der Waals surface area contributed by atoms with E-state index in [1.54, 1.807) is 31.1 Å². The molecule has 0 N–H and O–H groups in total. The van der Waals surface area contributed by atoms with E-state index in [4.69, 9.17) is 4.74 Å². The molecule has 0 spiro atoms. The molecule has 1 aliphatic rings. The lowest BCUT2D eigenvalue weighted by Gasteiger charge is -2.36. The maximum atomic E-state index is 13.2. The molecule has 0 bridgehead atoms. The minimum atomic E-state index is -0.390. The number of carbonyl (C=O) groups excluding carboxylic acids is 1. The second kappa shape index (κ2) is 9.16. The zero-order valence-corrected chi connectivity index (χ0v) is 17.9. The number of piperazine rings is 1. The van der Waals surface area contributed by atoms with Crippen molar-refractivity contribution in [3.8, 4) is 17.5 Å². The van der Waals surface area contributed by atoms with Crippen molar-refractivity contribution in [2.45, 2.75) is 13.0 Å². The Hall–Kier alpha value is -3.77. The van der Waals surface area contributed by atoms with E-state index in [-0.39, 0.29) is 23.5 Å². The van der Waals surface area contributed by atoms with E-state index in [0.29, 0.717) is 37.6 Å². The molecule has 0 aliphatic carbocycles. The van der Waals surface area contributed by atoms with E-state index in [9.17, 15) is 14.4 Å². The topological polar surface area (TPSA) is 87.3 Å². The number of nitrogens with zero attached hydrogens (tertiary/aromatic N) is 6. The third-order valence-electron chi connectivity index (χ3n) is 5.69. The molecule has 3 aromatic rings. The van der Waals surface area contributed by atoms with Gasteiger partial charge in [-0.1, -0.05) is 17.3 Å². The summed E-state index contributed by atoms with van der Waals surface area (Å²) >= 11 is 0. The SMILES string of the molecule is COc1ccc(C(C#N)N2CCN(C(=O)c3nnn(-c4ccc(F)cc4)c3C)CC2)cc1. The Bertz CT molecular complexity index is 1130. The number of ether oxygens (including phenoxy) is 1. The third-order valence-corrected chi connectivity index (χ3v) is 5.69. The van der Waals surface area contributed by atoms with E-state index in [0.717, 1.165) is 11.3 Å². The summed E-state index contributed by atoms with van der Waals surface area (Å²) in [6.07, 6.45) is 0. The van der Waals surface area contributed by atoms with Crippen LogP contribution >= 0.6 is 0 Å². The Labute approximate surface area is 185 Å². The number of aromatic nitrogens is 3. The average Bonchev–Trinajstić information content (AvgIpc) is 3.21. The molecule has 1 atom stereocenters. The van der Waals surface area contributed by atoms with Gasteiger partial charge in [0.25, 0.3) is 5.91 Å². The summed E-state index contributed by atoms with van der Waals surface area (Å²) in [5.74, 6) is 0.198. The molecule has 2 heterocycles. The first-order valence-electron chi connectivity index (χ1n) is 10.3. The number of hydrogen-bond donors (Lipinski definition) is 0. The van der Waals surface area contributed by atoms with Crippen molar-refractivity contribution in [2.75, 3.05) is 33.3 Å². The van der Waals surface area contributed by atoms with Crippen LogP contribution < -0.4 is 4.74 Å². The second-order valence-corrected chi connectivity index (χ2v) is 7.54. The van der Waals surface area contributed by atoms with E-state index < -0.39 is 0 Å². The van der Waals surface area contributed by atoms with E-state index >= 15 is 0 Å². The van der Waals surface area contributed by atoms with Crippen molar-refractivity contribution in [3.63, 3.8) is 0 Å². The van der Waals surface area contributed by atoms with Crippen LogP contribution in [0.4, 0.5) is 4.39 Å². The molecule has 32 heavy (non-hydrogen) atoms. The number of halogens is 1. The maximum Gasteiger partial charge on any atom is 0.276 e. The quantitative estimate of drug-likeness (QED) is 0.614. The summed E-state index contributed by atoms with van der Waals surface area (Å²) in [5, 5.41) is 17.9. The summed E-state index contributed by atoms with van der Waals surface area (Å²) in [6.45, 7) is 3.87. The van der Waals surface area contributed by atoms with E-state index in [1.807, 2.05) is 24.3 Å². The Kier molecular flexibility index (Phi) is 6.14. The lowest BCUT2D eigenvalue weighted by atomic mass is 10.1. The average molecular weight is 434 g/mol. The molecular formula is C23H23FN6O2. The lowest BCUT2D eigenvalue weighted by Crippen LogP contribution is -2.49. The van der Waals surface area contributed by atoms with Gasteiger partial charge >= 0.3 is 0 Å². The van der Waals surface area contributed by atoms with Gasteiger partial charge < -0.3 is 9.64 Å². The maximum absolute atomic E-state index is 13.2. The molecule has 1 fully saturated rings. The highest BCUT2D eigenvalue weighted by molar-refractivity contribution is 5.93. The number of methoxy groups -OCH3 is 1. The van der Waals surface area contributed by atoms with Crippen LogP contribution in [0.2, 0.25) is 0 Å². The van der Waals surface area contributed by atoms with Gasteiger partial charge in [0.15, 0.2) is 5.69 Å². The summed E-state index contributed by atoms with van der Waals surface area (Å²) in [6, 6.07) is 15.3. The van der Waals surface area contributed by atoms with Gasteiger partial charge in [-0.25, -0.2) is 9.07 Å². The highest BCUT2D eigenvalue weighted by Gasteiger charge is 2.30. The molecule has 9 heteroatoms. The normalized spacial score (nSPS) is 15.2. The van der Waals surface area contributed by atoms with Crippen LogP contribution in [0.3, 0.4) is 0 Å². The number of carbonyl (C=O) groups is 1. The van der Waals surface area contributed by atoms with E-state index in [1.165, 1.54) is 16.8 Å². The Morgan fingerprint density at radius 3 is 2.34 bits per heavy atom. The van der Waals surface area contributed by atoms with Crippen LogP contribution in [0.15, 0.2) is 48.5 Å². The smallest absolute Gasteiger partial charge is 0.276 e. The summed E-state index contributed by atoms with van der Waals surface area (Å²) in [7, 11) is 1.60. The molecule has 1 amide bonds. The van der Waals surface area contributed by atoms with Crippen molar-refractivity contribution in [3.05, 3.63) is 71.3 Å². The lowest BCUT2D eigenvalue weighted by molar-refractivity contribution is 0.0600. The Morgan fingerprint density at radius 2 is 1.75 bits per heavy atom. The van der Waals surface area contributed by atoms with Crippen LogP contribution in [-0.4, -0.2) is 64.0 Å². The van der Waals surface area contributed by atoms with Crippen molar-refractivity contribution in [2.24, 2.45) is 0 Å². The van der Waals surface area contributed by atoms with Gasteiger partial charge in [-0.2, -0.15) is 5.26 Å². The molecule has 1 unspecified atom stereocenters. The fraction of sp³-hybridized carbons (Fsp3) is 0.304. The fourth-order valence-electron chi connectivity index (χ4n) is 3.84. The molecule has 4 rings (SSSR count). The standard InChI is InChI=1S/C23H23FN6O2/c1-16-22(26-27-30(16)19-7-5-18(24)6-8-19)23(31)29-13-11-28(12-14-29)21(15-25)17-3-9-20(32-2)10-4-17/h3-10,21H,11-14H2,1-2H3. The van der Waals surface area contributed by atoms with Crippen molar-refractivity contribution >= 4 is 5.91 Å². The Balaban J connectivity index is 1.43. The van der Waals surface area contributed by atoms with Crippen LogP contribution in [0.25, 0.3) is 5.69 Å². The summed E-state index contributed by atoms with van der Waals surface area (Å²) in [5.41, 5.74) is 2.40. The Morgan fingerprint density at radius 1 is 1.09 bits per heavy atom. The van der Waals surface area contributed by atoms with Crippen molar-refractivity contribution in [1.82, 2.24) is 24.8 Å². The third kappa shape index (κ3) is 4.18. The molecule has 1 aliphatic heterocycles. The summed E-state index contributed by atoms with van der Waals surface area (Å²) < 4.78 is 19.9. The molecule has 0 radical (unpaired) electrons. The number of rotatable bonds is 5. The molecular weight excluding hydrogens is 411 g/mol. The molecule has 1 saturated heterocycles. The van der Waals surface area contributed by atoms with Crippen molar-refractivity contribution < 1.29 is 13.9 Å². The number of hydrogen-bond acceptors (Lipinski definition) is 6. The van der Waals surface area contributed by atoms with Crippen LogP contribution in [0, 0.1) is 24.1 Å². The number of nitriles is 1. The van der Waals surface area contributed by atoms with Gasteiger partial charge in [0.05, 0.1) is 24.6 Å².